The van der Waals surface area contributed by atoms with E-state index in [1.165, 1.54) is 5.56 Å². The summed E-state index contributed by atoms with van der Waals surface area (Å²) in [5.74, 6) is 1.05. The Morgan fingerprint density at radius 1 is 1.29 bits per heavy atom. The molecule has 1 saturated carbocycles. The molecule has 0 bridgehead atoms. The molecular weight excluding hydrogens is 304 g/mol. The van der Waals surface area contributed by atoms with Crippen LogP contribution in [-0.4, -0.2) is 36.9 Å². The molecule has 0 spiro atoms. The van der Waals surface area contributed by atoms with E-state index in [4.69, 9.17) is 4.74 Å². The van der Waals surface area contributed by atoms with Crippen molar-refractivity contribution >= 4 is 6.03 Å². The van der Waals surface area contributed by atoms with E-state index in [2.05, 4.69) is 22.8 Å². The maximum Gasteiger partial charge on any atom is 0.315 e. The Kier molecular flexibility index (Phi) is 7.37. The molecule has 3 N–H and O–H groups in total. The van der Waals surface area contributed by atoms with Gasteiger partial charge in [-0.3, -0.25) is 0 Å². The highest BCUT2D eigenvalue weighted by atomic mass is 16.5. The predicted molar refractivity (Wildman–Crippen MR) is 95.3 cm³/mol. The van der Waals surface area contributed by atoms with Gasteiger partial charge in [-0.05, 0) is 50.3 Å². The highest BCUT2D eigenvalue weighted by molar-refractivity contribution is 5.74. The number of carbonyl (C=O) groups excluding carboxylic acids is 1. The maximum atomic E-state index is 12.2. The number of nitrogens with one attached hydrogen (secondary N) is 2. The summed E-state index contributed by atoms with van der Waals surface area (Å²) in [7, 11) is 1.66. The fourth-order valence-electron chi connectivity index (χ4n) is 3.30. The molecule has 3 unspecified atom stereocenters. The monoisotopic (exact) mass is 334 g/mol. The summed E-state index contributed by atoms with van der Waals surface area (Å²) in [5.41, 5.74) is 1.23. The number of amides is 2. The van der Waals surface area contributed by atoms with Crippen LogP contribution < -0.4 is 15.4 Å². The zero-order valence-corrected chi connectivity index (χ0v) is 14.8. The summed E-state index contributed by atoms with van der Waals surface area (Å²) >= 11 is 0. The molecular formula is C19H30N2O3. The topological polar surface area (TPSA) is 70.6 Å². The normalized spacial score (nSPS) is 21.8. The lowest BCUT2D eigenvalue weighted by Gasteiger charge is -2.31. The molecule has 1 aromatic rings. The van der Waals surface area contributed by atoms with E-state index in [9.17, 15) is 9.90 Å². The SMILES string of the molecule is COc1ccc(CCC(C)NC(=O)NC2CCCCC2CO)cc1. The van der Waals surface area contributed by atoms with Crippen molar-refractivity contribution in [3.8, 4) is 5.75 Å². The summed E-state index contributed by atoms with van der Waals surface area (Å²) in [6.45, 7) is 2.17. The fourth-order valence-corrected chi connectivity index (χ4v) is 3.30. The van der Waals surface area contributed by atoms with Crippen molar-refractivity contribution in [1.29, 1.82) is 0 Å². The fraction of sp³-hybridized carbons (Fsp3) is 0.632. The third kappa shape index (κ3) is 5.71. The van der Waals surface area contributed by atoms with Crippen LogP contribution in [0.25, 0.3) is 0 Å². The van der Waals surface area contributed by atoms with Crippen LogP contribution in [0.4, 0.5) is 4.79 Å². The van der Waals surface area contributed by atoms with Crippen molar-refractivity contribution in [2.75, 3.05) is 13.7 Å². The molecule has 134 valence electrons. The first-order valence-electron chi connectivity index (χ1n) is 8.93. The zero-order valence-electron chi connectivity index (χ0n) is 14.8. The average Bonchev–Trinajstić information content (AvgIpc) is 2.60. The number of methoxy groups -OCH3 is 1. The van der Waals surface area contributed by atoms with Crippen LogP contribution >= 0.6 is 0 Å². The van der Waals surface area contributed by atoms with Gasteiger partial charge in [0.2, 0.25) is 0 Å². The number of benzene rings is 1. The molecule has 0 radical (unpaired) electrons. The quantitative estimate of drug-likeness (QED) is 0.718. The number of hydrogen-bond acceptors (Lipinski definition) is 3. The van der Waals surface area contributed by atoms with Crippen molar-refractivity contribution < 1.29 is 14.6 Å². The van der Waals surface area contributed by atoms with E-state index in [1.54, 1.807) is 7.11 Å². The number of aryl methyl sites for hydroxylation is 1. The molecule has 1 aromatic carbocycles. The third-order valence-electron chi connectivity index (χ3n) is 4.86. The van der Waals surface area contributed by atoms with E-state index in [0.29, 0.717) is 0 Å². The number of carbonyl (C=O) groups is 1. The number of ether oxygens (including phenoxy) is 1. The average molecular weight is 334 g/mol. The van der Waals surface area contributed by atoms with Crippen molar-refractivity contribution in [3.05, 3.63) is 29.8 Å². The number of rotatable bonds is 7. The van der Waals surface area contributed by atoms with Gasteiger partial charge in [-0.15, -0.1) is 0 Å². The lowest BCUT2D eigenvalue weighted by molar-refractivity contribution is 0.153. The Balaban J connectivity index is 1.72. The van der Waals surface area contributed by atoms with Gasteiger partial charge in [0.25, 0.3) is 0 Å². The second-order valence-corrected chi connectivity index (χ2v) is 6.74. The Hall–Kier alpha value is -1.75. The first-order valence-corrected chi connectivity index (χ1v) is 8.93. The van der Waals surface area contributed by atoms with Gasteiger partial charge in [0, 0.05) is 24.6 Å². The molecule has 5 heteroatoms. The molecule has 0 aliphatic heterocycles. The molecule has 5 nitrogen and oxygen atoms in total. The molecule has 2 amide bonds. The van der Waals surface area contributed by atoms with Gasteiger partial charge in [-0.25, -0.2) is 4.79 Å². The lowest BCUT2D eigenvalue weighted by atomic mass is 9.85. The molecule has 1 aliphatic carbocycles. The van der Waals surface area contributed by atoms with E-state index < -0.39 is 0 Å². The van der Waals surface area contributed by atoms with Gasteiger partial charge in [-0.1, -0.05) is 25.0 Å². The van der Waals surface area contributed by atoms with Crippen molar-refractivity contribution in [2.45, 2.75) is 57.5 Å². The van der Waals surface area contributed by atoms with Crippen molar-refractivity contribution in [3.63, 3.8) is 0 Å². The Labute approximate surface area is 144 Å². The van der Waals surface area contributed by atoms with Crippen LogP contribution in [0.2, 0.25) is 0 Å². The van der Waals surface area contributed by atoms with Crippen LogP contribution in [0.3, 0.4) is 0 Å². The van der Waals surface area contributed by atoms with Gasteiger partial charge in [0.05, 0.1) is 7.11 Å². The zero-order chi connectivity index (χ0) is 17.4. The van der Waals surface area contributed by atoms with E-state index in [0.717, 1.165) is 44.3 Å². The molecule has 1 aliphatic rings. The highest BCUT2D eigenvalue weighted by Gasteiger charge is 2.26. The van der Waals surface area contributed by atoms with Crippen LogP contribution in [0, 0.1) is 5.92 Å². The largest absolute Gasteiger partial charge is 0.497 e. The Morgan fingerprint density at radius 3 is 2.67 bits per heavy atom. The molecule has 0 aromatic heterocycles. The second-order valence-electron chi connectivity index (χ2n) is 6.74. The van der Waals surface area contributed by atoms with E-state index in [1.807, 2.05) is 19.1 Å². The Bertz CT molecular complexity index is 504. The van der Waals surface area contributed by atoms with Gasteiger partial charge in [0.15, 0.2) is 0 Å². The van der Waals surface area contributed by atoms with E-state index >= 15 is 0 Å². The van der Waals surface area contributed by atoms with Gasteiger partial charge in [0.1, 0.15) is 5.75 Å². The number of urea groups is 1. The second kappa shape index (κ2) is 9.52. The summed E-state index contributed by atoms with van der Waals surface area (Å²) in [6, 6.07) is 8.10. The summed E-state index contributed by atoms with van der Waals surface area (Å²) in [5, 5.41) is 15.5. The van der Waals surface area contributed by atoms with Crippen LogP contribution in [0.15, 0.2) is 24.3 Å². The smallest absolute Gasteiger partial charge is 0.315 e. The molecule has 2 rings (SSSR count). The number of aliphatic hydroxyl groups excluding tert-OH is 1. The standard InChI is InChI=1S/C19H30N2O3/c1-14(7-8-15-9-11-17(24-2)12-10-15)20-19(23)21-18-6-4-3-5-16(18)13-22/h9-12,14,16,18,22H,3-8,13H2,1-2H3,(H2,20,21,23). The molecule has 1 fully saturated rings. The first kappa shape index (κ1) is 18.6. The van der Waals surface area contributed by atoms with Gasteiger partial charge in [-0.2, -0.15) is 0 Å². The lowest BCUT2D eigenvalue weighted by Crippen LogP contribution is -2.49. The third-order valence-corrected chi connectivity index (χ3v) is 4.86. The van der Waals surface area contributed by atoms with Gasteiger partial charge >= 0.3 is 6.03 Å². The minimum Gasteiger partial charge on any atom is -0.497 e. The van der Waals surface area contributed by atoms with Crippen LogP contribution in [0.5, 0.6) is 5.75 Å². The van der Waals surface area contributed by atoms with Crippen LogP contribution in [-0.2, 0) is 6.42 Å². The molecule has 3 atom stereocenters. The highest BCUT2D eigenvalue weighted by Crippen LogP contribution is 2.23. The van der Waals surface area contributed by atoms with Crippen molar-refractivity contribution in [1.82, 2.24) is 10.6 Å². The van der Waals surface area contributed by atoms with Gasteiger partial charge < -0.3 is 20.5 Å². The van der Waals surface area contributed by atoms with Crippen LogP contribution in [0.1, 0.15) is 44.6 Å². The first-order chi connectivity index (χ1) is 11.6. The number of aliphatic hydroxyl groups is 1. The predicted octanol–water partition coefficient (Wildman–Crippen LogP) is 2.87. The molecule has 24 heavy (non-hydrogen) atoms. The van der Waals surface area contributed by atoms with Crippen molar-refractivity contribution in [2.24, 2.45) is 5.92 Å². The maximum absolute atomic E-state index is 12.2. The summed E-state index contributed by atoms with van der Waals surface area (Å²) in [4.78, 5) is 12.2. The summed E-state index contributed by atoms with van der Waals surface area (Å²) < 4.78 is 5.15. The molecule has 0 heterocycles. The Morgan fingerprint density at radius 2 is 2.00 bits per heavy atom. The number of hydrogen-bond donors (Lipinski definition) is 3. The minimum atomic E-state index is -0.123. The van der Waals surface area contributed by atoms with E-state index in [-0.39, 0.29) is 30.6 Å². The molecule has 0 saturated heterocycles. The summed E-state index contributed by atoms with van der Waals surface area (Å²) in [6.07, 6.45) is 6.01. The minimum absolute atomic E-state index is 0.0949.